The van der Waals surface area contributed by atoms with Crippen LogP contribution in [0.5, 0.6) is 0 Å². The van der Waals surface area contributed by atoms with Crippen LogP contribution in [0.15, 0.2) is 29.6 Å². The molecule has 0 aliphatic rings. The summed E-state index contributed by atoms with van der Waals surface area (Å²) in [4.78, 5) is 0. The van der Waals surface area contributed by atoms with Crippen molar-refractivity contribution < 1.29 is 5.21 Å². The Hall–Kier alpha value is -2.17. The van der Waals surface area contributed by atoms with Gasteiger partial charge in [-0.2, -0.15) is 5.10 Å². The minimum atomic E-state index is 0.398. The molecule has 14 heavy (non-hydrogen) atoms. The fourth-order valence-electron chi connectivity index (χ4n) is 1.28. The average Bonchev–Trinajstić information content (AvgIpc) is 2.18. The Bertz CT molecular complexity index is 495. The summed E-state index contributed by atoms with van der Waals surface area (Å²) in [5.41, 5.74) is 6.41. The van der Waals surface area contributed by atoms with E-state index in [1.54, 1.807) is 12.3 Å². The van der Waals surface area contributed by atoms with Crippen molar-refractivity contribution in [2.75, 3.05) is 5.73 Å². The molecule has 70 valence electrons. The van der Waals surface area contributed by atoms with Gasteiger partial charge in [-0.05, 0) is 17.7 Å². The Morgan fingerprint density at radius 1 is 1.43 bits per heavy atom. The summed E-state index contributed by atoms with van der Waals surface area (Å²) in [6, 6.07) is 5.43. The molecule has 2 aromatic rings. The molecule has 3 N–H and O–H groups in total. The molecule has 0 bridgehead atoms. The Balaban J connectivity index is 2.67. The Morgan fingerprint density at radius 2 is 2.29 bits per heavy atom. The van der Waals surface area contributed by atoms with E-state index in [1.807, 2.05) is 12.1 Å². The predicted molar refractivity (Wildman–Crippen MR) is 53.3 cm³/mol. The molecule has 2 rings (SSSR count). The van der Waals surface area contributed by atoms with Gasteiger partial charge in [0.2, 0.25) is 0 Å². The lowest BCUT2D eigenvalue weighted by molar-refractivity contribution is 0.322. The summed E-state index contributed by atoms with van der Waals surface area (Å²) in [7, 11) is 0. The number of fused-ring (bicyclic) bond motifs is 1. The molecular weight excluding hydrogens is 180 g/mol. The van der Waals surface area contributed by atoms with E-state index in [0.717, 1.165) is 16.3 Å². The van der Waals surface area contributed by atoms with E-state index >= 15 is 0 Å². The topological polar surface area (TPSA) is 84.4 Å². The van der Waals surface area contributed by atoms with Crippen LogP contribution in [0, 0.1) is 0 Å². The van der Waals surface area contributed by atoms with Crippen molar-refractivity contribution in [1.29, 1.82) is 0 Å². The summed E-state index contributed by atoms with van der Waals surface area (Å²) < 4.78 is 0. The van der Waals surface area contributed by atoms with Gasteiger partial charge in [-0.1, -0.05) is 11.2 Å². The smallest absolute Gasteiger partial charge is 0.153 e. The monoisotopic (exact) mass is 188 g/mol. The second kappa shape index (κ2) is 3.29. The van der Waals surface area contributed by atoms with Gasteiger partial charge in [0.15, 0.2) is 5.82 Å². The molecule has 0 aliphatic heterocycles. The molecule has 1 heterocycles. The first-order valence-corrected chi connectivity index (χ1v) is 3.99. The molecule has 0 saturated carbocycles. The Labute approximate surface area is 79.9 Å². The molecule has 0 saturated heterocycles. The minimum Gasteiger partial charge on any atom is -0.411 e. The molecule has 0 aliphatic carbocycles. The molecule has 1 aromatic carbocycles. The van der Waals surface area contributed by atoms with Gasteiger partial charge in [-0.15, -0.1) is 5.10 Å². The predicted octanol–water partition coefficient (Wildman–Crippen LogP) is 1.02. The first kappa shape index (κ1) is 8.43. The van der Waals surface area contributed by atoms with E-state index in [2.05, 4.69) is 15.4 Å². The van der Waals surface area contributed by atoms with Crippen LogP contribution in [0.25, 0.3) is 10.8 Å². The maximum Gasteiger partial charge on any atom is 0.153 e. The van der Waals surface area contributed by atoms with E-state index in [9.17, 15) is 0 Å². The van der Waals surface area contributed by atoms with Crippen molar-refractivity contribution in [3.05, 3.63) is 30.0 Å². The SMILES string of the molecule is Nc1nncc2cc(/C=N/O)ccc12. The number of rotatable bonds is 1. The van der Waals surface area contributed by atoms with Crippen LogP contribution in [-0.4, -0.2) is 21.6 Å². The lowest BCUT2D eigenvalue weighted by Crippen LogP contribution is -1.94. The number of aromatic nitrogens is 2. The highest BCUT2D eigenvalue weighted by molar-refractivity contribution is 5.94. The molecule has 0 fully saturated rings. The molecule has 0 radical (unpaired) electrons. The van der Waals surface area contributed by atoms with Crippen LogP contribution in [0.2, 0.25) is 0 Å². The highest BCUT2D eigenvalue weighted by Crippen LogP contribution is 2.17. The van der Waals surface area contributed by atoms with E-state index < -0.39 is 0 Å². The van der Waals surface area contributed by atoms with Crippen LogP contribution >= 0.6 is 0 Å². The highest BCUT2D eigenvalue weighted by atomic mass is 16.4. The van der Waals surface area contributed by atoms with Crippen molar-refractivity contribution in [2.24, 2.45) is 5.16 Å². The summed E-state index contributed by atoms with van der Waals surface area (Å²) in [5, 5.41) is 20.5. The largest absolute Gasteiger partial charge is 0.411 e. The molecule has 0 amide bonds. The number of nitrogens with two attached hydrogens (primary N) is 1. The van der Waals surface area contributed by atoms with Crippen molar-refractivity contribution in [1.82, 2.24) is 10.2 Å². The first-order valence-electron chi connectivity index (χ1n) is 3.99. The molecular formula is C9H8N4O. The van der Waals surface area contributed by atoms with Gasteiger partial charge in [0.25, 0.3) is 0 Å². The number of nitrogen functional groups attached to an aromatic ring is 1. The van der Waals surface area contributed by atoms with E-state index in [0.29, 0.717) is 5.82 Å². The third-order valence-electron chi connectivity index (χ3n) is 1.92. The number of anilines is 1. The zero-order valence-corrected chi connectivity index (χ0v) is 7.25. The first-order chi connectivity index (χ1) is 6.81. The fraction of sp³-hybridized carbons (Fsp3) is 0. The summed E-state index contributed by atoms with van der Waals surface area (Å²) in [6.07, 6.45) is 2.95. The van der Waals surface area contributed by atoms with Crippen LogP contribution < -0.4 is 5.73 Å². The molecule has 0 atom stereocenters. The maximum absolute atomic E-state index is 8.36. The Kier molecular flexibility index (Phi) is 1.98. The standard InChI is InChI=1S/C9H8N4O/c10-9-8-2-1-6(4-12-14)3-7(8)5-11-13-9/h1-5,14H,(H2,10,13)/b12-4+. The zero-order valence-electron chi connectivity index (χ0n) is 7.25. The quantitative estimate of drug-likeness (QED) is 0.397. The lowest BCUT2D eigenvalue weighted by atomic mass is 10.1. The van der Waals surface area contributed by atoms with E-state index in [-0.39, 0.29) is 0 Å². The summed E-state index contributed by atoms with van der Waals surface area (Å²) in [5.74, 6) is 0.398. The van der Waals surface area contributed by atoms with Crippen molar-refractivity contribution in [2.45, 2.75) is 0 Å². The summed E-state index contributed by atoms with van der Waals surface area (Å²) >= 11 is 0. The normalized spacial score (nSPS) is 11.1. The van der Waals surface area contributed by atoms with Gasteiger partial charge in [0.05, 0.1) is 12.4 Å². The third kappa shape index (κ3) is 1.35. The number of oxime groups is 1. The Morgan fingerprint density at radius 3 is 3.07 bits per heavy atom. The number of benzene rings is 1. The van der Waals surface area contributed by atoms with Gasteiger partial charge in [-0.25, -0.2) is 0 Å². The average molecular weight is 188 g/mol. The van der Waals surface area contributed by atoms with Crippen molar-refractivity contribution in [3.8, 4) is 0 Å². The van der Waals surface area contributed by atoms with Gasteiger partial charge < -0.3 is 10.9 Å². The van der Waals surface area contributed by atoms with Gasteiger partial charge in [-0.3, -0.25) is 0 Å². The highest BCUT2D eigenvalue weighted by Gasteiger charge is 1.99. The molecule has 0 spiro atoms. The molecule has 1 aromatic heterocycles. The maximum atomic E-state index is 8.36. The lowest BCUT2D eigenvalue weighted by Gasteiger charge is -1.99. The molecule has 5 heteroatoms. The van der Waals surface area contributed by atoms with Gasteiger partial charge in [0.1, 0.15) is 0 Å². The second-order valence-electron chi connectivity index (χ2n) is 2.82. The zero-order chi connectivity index (χ0) is 9.97. The van der Waals surface area contributed by atoms with Crippen LogP contribution in [0.1, 0.15) is 5.56 Å². The van der Waals surface area contributed by atoms with Crippen LogP contribution in [0.3, 0.4) is 0 Å². The van der Waals surface area contributed by atoms with E-state index in [4.69, 9.17) is 10.9 Å². The molecule has 0 unspecified atom stereocenters. The van der Waals surface area contributed by atoms with Gasteiger partial charge >= 0.3 is 0 Å². The van der Waals surface area contributed by atoms with E-state index in [1.165, 1.54) is 6.21 Å². The fourth-order valence-corrected chi connectivity index (χ4v) is 1.28. The van der Waals surface area contributed by atoms with Gasteiger partial charge in [0, 0.05) is 10.8 Å². The number of hydrogen-bond acceptors (Lipinski definition) is 5. The minimum absolute atomic E-state index is 0.398. The number of hydrogen-bond donors (Lipinski definition) is 2. The van der Waals surface area contributed by atoms with Crippen LogP contribution in [-0.2, 0) is 0 Å². The van der Waals surface area contributed by atoms with Crippen molar-refractivity contribution in [3.63, 3.8) is 0 Å². The molecule has 5 nitrogen and oxygen atoms in total. The summed E-state index contributed by atoms with van der Waals surface area (Å²) in [6.45, 7) is 0. The second-order valence-corrected chi connectivity index (χ2v) is 2.82. The number of nitrogens with zero attached hydrogens (tertiary/aromatic N) is 3. The third-order valence-corrected chi connectivity index (χ3v) is 1.92. The van der Waals surface area contributed by atoms with Crippen molar-refractivity contribution >= 4 is 22.8 Å². The van der Waals surface area contributed by atoms with Crippen LogP contribution in [0.4, 0.5) is 5.82 Å².